The minimum Gasteiger partial charge on any atom is -0.441 e. The molecule has 1 N–H and O–H groups in total. The molecule has 2 aromatic rings. The molecule has 6 nitrogen and oxygen atoms in total. The van der Waals surface area contributed by atoms with Gasteiger partial charge in [0.1, 0.15) is 11.8 Å². The molecule has 1 aromatic carbocycles. The van der Waals surface area contributed by atoms with Crippen molar-refractivity contribution in [1.29, 1.82) is 0 Å². The molecule has 7 heteroatoms. The molecule has 154 valence electrons. The van der Waals surface area contributed by atoms with E-state index in [1.54, 1.807) is 22.9 Å². The van der Waals surface area contributed by atoms with Crippen molar-refractivity contribution in [2.75, 3.05) is 16.9 Å². The van der Waals surface area contributed by atoms with Gasteiger partial charge >= 0.3 is 0 Å². The fourth-order valence-electron chi connectivity index (χ4n) is 3.89. The molecule has 2 fully saturated rings. The summed E-state index contributed by atoms with van der Waals surface area (Å²) in [6.07, 6.45) is 5.89. The molecule has 1 aromatic heterocycles. The number of carbonyl (C=O) groups is 2. The summed E-state index contributed by atoms with van der Waals surface area (Å²) in [6, 6.07) is 7.07. The number of hydrogen-bond donors (Lipinski definition) is 1. The normalized spacial score (nSPS) is 19.8. The maximum absolute atomic E-state index is 12.8. The first kappa shape index (κ1) is 20.0. The summed E-state index contributed by atoms with van der Waals surface area (Å²) in [7, 11) is 0. The first-order valence-corrected chi connectivity index (χ1v) is 11.4. The SMILES string of the molecule is CC(C)c1cnc(-c2ccc(NC(=O)C3CSCN3C(=O)C3CCCC3)cc2)o1. The number of anilines is 1. The van der Waals surface area contributed by atoms with Crippen LogP contribution in [0.15, 0.2) is 34.9 Å². The lowest BCUT2D eigenvalue weighted by atomic mass is 10.1. The van der Waals surface area contributed by atoms with Crippen LogP contribution in [0.2, 0.25) is 0 Å². The van der Waals surface area contributed by atoms with Gasteiger partial charge in [-0.15, -0.1) is 11.8 Å². The van der Waals surface area contributed by atoms with Crippen LogP contribution in [0.1, 0.15) is 51.2 Å². The Hall–Kier alpha value is -2.28. The average molecular weight is 414 g/mol. The maximum Gasteiger partial charge on any atom is 0.248 e. The molecular formula is C22H27N3O3S. The fraction of sp³-hybridized carbons (Fsp3) is 0.500. The molecule has 0 radical (unpaired) electrons. The van der Waals surface area contributed by atoms with Gasteiger partial charge in [0, 0.05) is 28.8 Å². The first-order chi connectivity index (χ1) is 14.0. The maximum atomic E-state index is 12.8. The summed E-state index contributed by atoms with van der Waals surface area (Å²) in [5.41, 5.74) is 1.57. The first-order valence-electron chi connectivity index (χ1n) is 10.3. The molecule has 0 spiro atoms. The largest absolute Gasteiger partial charge is 0.441 e. The molecule has 4 rings (SSSR count). The second-order valence-electron chi connectivity index (χ2n) is 8.09. The van der Waals surface area contributed by atoms with E-state index in [0.29, 0.717) is 23.2 Å². The van der Waals surface area contributed by atoms with E-state index in [1.165, 1.54) is 0 Å². The van der Waals surface area contributed by atoms with Crippen molar-refractivity contribution in [1.82, 2.24) is 9.88 Å². The zero-order valence-electron chi connectivity index (χ0n) is 16.9. The molecule has 29 heavy (non-hydrogen) atoms. The molecule has 1 unspecified atom stereocenters. The fourth-order valence-corrected chi connectivity index (χ4v) is 5.06. The van der Waals surface area contributed by atoms with E-state index in [0.717, 1.165) is 37.0 Å². The molecule has 2 aliphatic rings. The lowest BCUT2D eigenvalue weighted by molar-refractivity contribution is -0.139. The van der Waals surface area contributed by atoms with Gasteiger partial charge < -0.3 is 14.6 Å². The van der Waals surface area contributed by atoms with Crippen LogP contribution in [0.5, 0.6) is 0 Å². The van der Waals surface area contributed by atoms with Crippen molar-refractivity contribution >= 4 is 29.3 Å². The van der Waals surface area contributed by atoms with Gasteiger partial charge in [-0.3, -0.25) is 9.59 Å². The Bertz CT molecular complexity index is 872. The Morgan fingerprint density at radius 1 is 1.21 bits per heavy atom. The number of aromatic nitrogens is 1. The van der Waals surface area contributed by atoms with Crippen LogP contribution in [0.25, 0.3) is 11.5 Å². The van der Waals surface area contributed by atoms with Crippen LogP contribution in [-0.4, -0.2) is 39.4 Å². The lowest BCUT2D eigenvalue weighted by Crippen LogP contribution is -2.46. The number of thioether (sulfide) groups is 1. The summed E-state index contributed by atoms with van der Waals surface area (Å²) in [5.74, 6) is 3.09. The van der Waals surface area contributed by atoms with Crippen LogP contribution in [0.4, 0.5) is 5.69 Å². The molecule has 1 aliphatic carbocycles. The van der Waals surface area contributed by atoms with E-state index >= 15 is 0 Å². The topological polar surface area (TPSA) is 75.4 Å². The minimum absolute atomic E-state index is 0.0970. The Balaban J connectivity index is 1.40. The van der Waals surface area contributed by atoms with E-state index < -0.39 is 6.04 Å². The standard InChI is InChI=1S/C22H27N3O3S/c1-14(2)19-11-23-21(28-19)15-7-9-17(10-8-15)24-20(26)18-12-29-13-25(18)22(27)16-5-3-4-6-16/h7-11,14,16,18H,3-6,12-13H2,1-2H3,(H,24,26). The Labute approximate surface area is 175 Å². The van der Waals surface area contributed by atoms with Gasteiger partial charge in [0.15, 0.2) is 0 Å². The zero-order chi connectivity index (χ0) is 20.4. The number of benzene rings is 1. The Morgan fingerprint density at radius 2 is 1.93 bits per heavy atom. The molecule has 1 atom stereocenters. The molecule has 1 aliphatic heterocycles. The van der Waals surface area contributed by atoms with Crippen molar-refractivity contribution in [3.63, 3.8) is 0 Å². The van der Waals surface area contributed by atoms with Gasteiger partial charge in [0.2, 0.25) is 17.7 Å². The van der Waals surface area contributed by atoms with Crippen LogP contribution >= 0.6 is 11.8 Å². The van der Waals surface area contributed by atoms with Gasteiger partial charge in [-0.25, -0.2) is 4.98 Å². The predicted octanol–water partition coefficient (Wildman–Crippen LogP) is 4.50. The smallest absolute Gasteiger partial charge is 0.248 e. The van der Waals surface area contributed by atoms with Crippen molar-refractivity contribution in [3.05, 3.63) is 36.2 Å². The molecule has 1 saturated heterocycles. The Kier molecular flexibility index (Phi) is 5.94. The van der Waals surface area contributed by atoms with Crippen LogP contribution in [0.3, 0.4) is 0 Å². The molecule has 0 bridgehead atoms. The number of hydrogen-bond acceptors (Lipinski definition) is 5. The minimum atomic E-state index is -0.395. The van der Waals surface area contributed by atoms with Gasteiger partial charge in [-0.05, 0) is 37.1 Å². The van der Waals surface area contributed by atoms with E-state index in [9.17, 15) is 9.59 Å². The van der Waals surface area contributed by atoms with Crippen LogP contribution in [-0.2, 0) is 9.59 Å². The third kappa shape index (κ3) is 4.34. The van der Waals surface area contributed by atoms with Gasteiger partial charge in [-0.1, -0.05) is 26.7 Å². The van der Waals surface area contributed by atoms with Crippen LogP contribution < -0.4 is 5.32 Å². The van der Waals surface area contributed by atoms with Crippen molar-refractivity contribution in [2.24, 2.45) is 5.92 Å². The van der Waals surface area contributed by atoms with E-state index in [1.807, 2.05) is 24.3 Å². The summed E-state index contributed by atoms with van der Waals surface area (Å²) < 4.78 is 5.78. The number of oxazole rings is 1. The van der Waals surface area contributed by atoms with E-state index in [4.69, 9.17) is 4.42 Å². The van der Waals surface area contributed by atoms with Gasteiger partial charge in [0.05, 0.1) is 12.1 Å². The number of nitrogens with one attached hydrogen (secondary N) is 1. The third-order valence-corrected chi connectivity index (χ3v) is 6.68. The number of amides is 2. The van der Waals surface area contributed by atoms with E-state index in [-0.39, 0.29) is 23.7 Å². The second-order valence-corrected chi connectivity index (χ2v) is 9.09. The van der Waals surface area contributed by atoms with E-state index in [2.05, 4.69) is 24.1 Å². The summed E-state index contributed by atoms with van der Waals surface area (Å²) in [6.45, 7) is 4.12. The predicted molar refractivity (Wildman–Crippen MR) is 115 cm³/mol. The highest BCUT2D eigenvalue weighted by Crippen LogP contribution is 2.31. The number of nitrogens with zero attached hydrogens (tertiary/aromatic N) is 2. The molecule has 1 saturated carbocycles. The van der Waals surface area contributed by atoms with Crippen molar-refractivity contribution < 1.29 is 14.0 Å². The van der Waals surface area contributed by atoms with Crippen molar-refractivity contribution in [2.45, 2.75) is 51.5 Å². The van der Waals surface area contributed by atoms with Gasteiger partial charge in [0.25, 0.3) is 0 Å². The average Bonchev–Trinajstić information content (AvgIpc) is 3.49. The summed E-state index contributed by atoms with van der Waals surface area (Å²) >= 11 is 1.64. The quantitative estimate of drug-likeness (QED) is 0.781. The molecule has 2 amide bonds. The molecule has 2 heterocycles. The Morgan fingerprint density at radius 3 is 2.59 bits per heavy atom. The monoisotopic (exact) mass is 413 g/mol. The lowest BCUT2D eigenvalue weighted by Gasteiger charge is -2.25. The second kappa shape index (κ2) is 8.61. The summed E-state index contributed by atoms with van der Waals surface area (Å²) in [5, 5.41) is 2.96. The number of rotatable bonds is 5. The highest BCUT2D eigenvalue weighted by atomic mass is 32.2. The highest BCUT2D eigenvalue weighted by molar-refractivity contribution is 7.99. The van der Waals surface area contributed by atoms with Crippen molar-refractivity contribution in [3.8, 4) is 11.5 Å². The number of carbonyl (C=O) groups excluding carboxylic acids is 2. The van der Waals surface area contributed by atoms with Gasteiger partial charge in [-0.2, -0.15) is 0 Å². The highest BCUT2D eigenvalue weighted by Gasteiger charge is 2.38. The zero-order valence-corrected chi connectivity index (χ0v) is 17.7. The van der Waals surface area contributed by atoms with Crippen LogP contribution in [0, 0.1) is 5.92 Å². The molecular weight excluding hydrogens is 386 g/mol. The third-order valence-electron chi connectivity index (χ3n) is 5.66. The summed E-state index contributed by atoms with van der Waals surface area (Å²) in [4.78, 5) is 31.7.